The maximum Gasteiger partial charge on any atom is 0.311 e. The van der Waals surface area contributed by atoms with Gasteiger partial charge in [-0.05, 0) is 19.1 Å². The van der Waals surface area contributed by atoms with E-state index >= 15 is 0 Å². The van der Waals surface area contributed by atoms with Crippen molar-refractivity contribution in [2.45, 2.75) is 19.8 Å². The van der Waals surface area contributed by atoms with Crippen LogP contribution in [0.25, 0.3) is 0 Å². The summed E-state index contributed by atoms with van der Waals surface area (Å²) in [4.78, 5) is 23.3. The zero-order chi connectivity index (χ0) is 17.7. The third kappa shape index (κ3) is 4.31. The number of aliphatic carboxylic acids is 1. The van der Waals surface area contributed by atoms with Gasteiger partial charge in [0.15, 0.2) is 0 Å². The first-order chi connectivity index (χ1) is 11.4. The molecule has 0 fully saturated rings. The average molecular weight is 339 g/mol. The largest absolute Gasteiger partial charge is 0.485 e. The van der Waals surface area contributed by atoms with Gasteiger partial charge in [-0.15, -0.1) is 0 Å². The van der Waals surface area contributed by atoms with Gasteiger partial charge in [-0.25, -0.2) is 8.78 Å². The number of ether oxygens (including phenoxy) is 1. The van der Waals surface area contributed by atoms with Crippen molar-refractivity contribution >= 4 is 17.6 Å². The molecule has 0 bridgehead atoms. The second kappa shape index (κ2) is 7.58. The lowest BCUT2D eigenvalue weighted by atomic mass is 10.1. The molecule has 1 amide bonds. The number of para-hydroxylation sites is 2. The van der Waals surface area contributed by atoms with Gasteiger partial charge in [0.2, 0.25) is 0 Å². The predicted molar refractivity (Wildman–Crippen MR) is 80.7 cm³/mol. The minimum Gasteiger partial charge on any atom is -0.485 e. The molecule has 2 rings (SSSR count). The Morgan fingerprint density at radius 1 is 1.33 bits per heavy atom. The van der Waals surface area contributed by atoms with Crippen LogP contribution in [0.15, 0.2) is 34.9 Å². The second-order valence-electron chi connectivity index (χ2n) is 4.94. The quantitative estimate of drug-likeness (QED) is 0.809. The lowest BCUT2D eigenvalue weighted by Gasteiger charge is -2.12. The normalized spacial score (nSPS) is 10.7. The van der Waals surface area contributed by atoms with E-state index in [0.29, 0.717) is 5.56 Å². The summed E-state index contributed by atoms with van der Waals surface area (Å²) in [6.07, 6.45) is -1.81. The fourth-order valence-electron chi connectivity index (χ4n) is 2.10. The third-order valence-corrected chi connectivity index (χ3v) is 3.09. The number of carboxylic acid groups (broad SMARTS) is 1. The van der Waals surface area contributed by atoms with E-state index in [1.165, 1.54) is 18.4 Å². The number of hydrogen-bond acceptors (Lipinski definition) is 4. The van der Waals surface area contributed by atoms with Gasteiger partial charge >= 0.3 is 5.97 Å². The number of anilines is 1. The molecule has 2 aromatic rings. The number of furan rings is 1. The molecule has 0 aliphatic heterocycles. The lowest BCUT2D eigenvalue weighted by molar-refractivity contribution is -0.136. The lowest BCUT2D eigenvalue weighted by Crippen LogP contribution is -2.17. The first-order valence-corrected chi connectivity index (χ1v) is 6.98. The van der Waals surface area contributed by atoms with Crippen LogP contribution in [-0.4, -0.2) is 30.0 Å². The summed E-state index contributed by atoms with van der Waals surface area (Å²) < 4.78 is 34.6. The highest BCUT2D eigenvalue weighted by Crippen LogP contribution is 2.26. The molecule has 0 aliphatic rings. The standard InChI is InChI=1S/C16H15F2NO5/c1-9-7-23-12(6-14(20)21)15(9)16(22)19-10-4-2-3-5-11(10)24-8-13(17)18/h2-5,7,13H,6,8H2,1H3,(H,19,22)(H,20,21). The van der Waals surface area contributed by atoms with Crippen molar-refractivity contribution < 1.29 is 32.6 Å². The van der Waals surface area contributed by atoms with Gasteiger partial charge in [0.25, 0.3) is 12.3 Å². The molecule has 1 aromatic carbocycles. The zero-order valence-electron chi connectivity index (χ0n) is 12.7. The minimum absolute atomic E-state index is 0.0171. The van der Waals surface area contributed by atoms with Crippen LogP contribution in [0.3, 0.4) is 0 Å². The van der Waals surface area contributed by atoms with Crippen molar-refractivity contribution in [1.29, 1.82) is 0 Å². The average Bonchev–Trinajstić information content (AvgIpc) is 2.86. The summed E-state index contributed by atoms with van der Waals surface area (Å²) >= 11 is 0. The maximum absolute atomic E-state index is 12.4. The molecule has 2 N–H and O–H groups in total. The summed E-state index contributed by atoms with van der Waals surface area (Å²) in [5, 5.41) is 11.4. The van der Waals surface area contributed by atoms with E-state index in [1.54, 1.807) is 19.1 Å². The highest BCUT2D eigenvalue weighted by atomic mass is 19.3. The van der Waals surface area contributed by atoms with Crippen LogP contribution < -0.4 is 10.1 Å². The Labute approximate surface area is 136 Å². The molecule has 1 heterocycles. The van der Waals surface area contributed by atoms with Gasteiger partial charge in [-0.1, -0.05) is 12.1 Å². The number of amides is 1. The highest BCUT2D eigenvalue weighted by molar-refractivity contribution is 6.07. The number of rotatable bonds is 7. The van der Waals surface area contributed by atoms with Gasteiger partial charge in [0.1, 0.15) is 24.5 Å². The van der Waals surface area contributed by atoms with Crippen LogP contribution in [0.5, 0.6) is 5.75 Å². The summed E-state index contributed by atoms with van der Waals surface area (Å²) in [6, 6.07) is 6.12. The van der Waals surface area contributed by atoms with Crippen molar-refractivity contribution in [3.63, 3.8) is 0 Å². The Bertz CT molecular complexity index is 742. The third-order valence-electron chi connectivity index (χ3n) is 3.09. The molecular formula is C16H15F2NO5. The predicted octanol–water partition coefficient (Wildman–Crippen LogP) is 3.11. The van der Waals surface area contributed by atoms with E-state index in [2.05, 4.69) is 5.32 Å². The Morgan fingerprint density at radius 2 is 2.04 bits per heavy atom. The van der Waals surface area contributed by atoms with Crippen molar-refractivity contribution in [1.82, 2.24) is 0 Å². The van der Waals surface area contributed by atoms with Crippen molar-refractivity contribution in [2.24, 2.45) is 0 Å². The Morgan fingerprint density at radius 3 is 2.71 bits per heavy atom. The van der Waals surface area contributed by atoms with Crippen LogP contribution >= 0.6 is 0 Å². The number of aryl methyl sites for hydroxylation is 1. The molecule has 0 saturated heterocycles. The monoisotopic (exact) mass is 339 g/mol. The van der Waals surface area contributed by atoms with Crippen molar-refractivity contribution in [3.8, 4) is 5.75 Å². The smallest absolute Gasteiger partial charge is 0.311 e. The molecule has 0 radical (unpaired) electrons. The summed E-state index contributed by atoms with van der Waals surface area (Å²) in [7, 11) is 0. The van der Waals surface area contributed by atoms with E-state index in [4.69, 9.17) is 14.3 Å². The van der Waals surface area contributed by atoms with Gasteiger partial charge in [0.05, 0.1) is 17.5 Å². The summed E-state index contributed by atoms with van der Waals surface area (Å²) in [5.74, 6) is -1.64. The number of nitrogens with one attached hydrogen (secondary N) is 1. The van der Waals surface area contributed by atoms with Gasteiger partial charge in [-0.3, -0.25) is 9.59 Å². The molecule has 24 heavy (non-hydrogen) atoms. The first-order valence-electron chi connectivity index (χ1n) is 6.98. The fraction of sp³-hybridized carbons (Fsp3) is 0.250. The van der Waals surface area contributed by atoms with Gasteiger partial charge in [0, 0.05) is 5.56 Å². The number of halogens is 2. The molecule has 128 valence electrons. The van der Waals surface area contributed by atoms with E-state index < -0.39 is 31.3 Å². The van der Waals surface area contributed by atoms with E-state index in [1.807, 2.05) is 0 Å². The number of alkyl halides is 2. The first kappa shape index (κ1) is 17.5. The van der Waals surface area contributed by atoms with E-state index in [9.17, 15) is 18.4 Å². The van der Waals surface area contributed by atoms with Crippen LogP contribution in [0, 0.1) is 6.92 Å². The maximum atomic E-state index is 12.4. The Hall–Kier alpha value is -2.90. The molecule has 0 aliphatic carbocycles. The van der Waals surface area contributed by atoms with Crippen LogP contribution in [0.4, 0.5) is 14.5 Å². The molecule has 0 atom stereocenters. The topological polar surface area (TPSA) is 88.8 Å². The number of hydrogen-bond donors (Lipinski definition) is 2. The molecule has 1 aromatic heterocycles. The van der Waals surface area contributed by atoms with Gasteiger partial charge in [-0.2, -0.15) is 0 Å². The van der Waals surface area contributed by atoms with Crippen LogP contribution in [0.2, 0.25) is 0 Å². The number of carbonyl (C=O) groups excluding carboxylic acids is 1. The second-order valence-corrected chi connectivity index (χ2v) is 4.94. The Kier molecular flexibility index (Phi) is 5.51. The minimum atomic E-state index is -2.65. The summed E-state index contributed by atoms with van der Waals surface area (Å²) in [6.45, 7) is 0.796. The number of carbonyl (C=O) groups is 2. The summed E-state index contributed by atoms with van der Waals surface area (Å²) in [5.41, 5.74) is 0.765. The molecule has 8 heteroatoms. The molecule has 0 saturated carbocycles. The van der Waals surface area contributed by atoms with E-state index in [-0.39, 0.29) is 22.8 Å². The fourth-order valence-corrected chi connectivity index (χ4v) is 2.10. The van der Waals surface area contributed by atoms with E-state index in [0.717, 1.165) is 0 Å². The molecular weight excluding hydrogens is 324 g/mol. The highest BCUT2D eigenvalue weighted by Gasteiger charge is 2.21. The van der Waals surface area contributed by atoms with Gasteiger partial charge < -0.3 is 19.6 Å². The van der Waals surface area contributed by atoms with Crippen molar-refractivity contribution in [3.05, 3.63) is 47.4 Å². The molecule has 0 spiro atoms. The molecule has 6 nitrogen and oxygen atoms in total. The molecule has 0 unspecified atom stereocenters. The zero-order valence-corrected chi connectivity index (χ0v) is 12.7. The van der Waals surface area contributed by atoms with Crippen LogP contribution in [-0.2, 0) is 11.2 Å². The van der Waals surface area contributed by atoms with Crippen LogP contribution in [0.1, 0.15) is 21.7 Å². The Balaban J connectivity index is 2.21. The SMILES string of the molecule is Cc1coc(CC(=O)O)c1C(=O)Nc1ccccc1OCC(F)F. The van der Waals surface area contributed by atoms with Crippen molar-refractivity contribution in [2.75, 3.05) is 11.9 Å². The number of carboxylic acids is 1. The number of benzene rings is 1.